The third kappa shape index (κ3) is 4.31. The number of rotatable bonds is 5. The highest BCUT2D eigenvalue weighted by molar-refractivity contribution is 5.98. The molecule has 0 bridgehead atoms. The Hall–Kier alpha value is -2.08. The van der Waals surface area contributed by atoms with E-state index >= 15 is 0 Å². The number of carbonyl (C=O) groups excluding carboxylic acids is 2. The highest BCUT2D eigenvalue weighted by Crippen LogP contribution is 2.26. The van der Waals surface area contributed by atoms with E-state index in [0.717, 1.165) is 24.9 Å². The van der Waals surface area contributed by atoms with Crippen LogP contribution in [-0.4, -0.2) is 37.6 Å². The van der Waals surface area contributed by atoms with Gasteiger partial charge in [-0.3, -0.25) is 9.69 Å². The number of hydrogen-bond acceptors (Lipinski definition) is 3. The molecular weight excluding hydrogens is 316 g/mol. The first-order chi connectivity index (χ1) is 12.2. The second-order valence-corrected chi connectivity index (χ2v) is 7.00. The molecule has 1 aliphatic carbocycles. The molecule has 1 aromatic carbocycles. The van der Waals surface area contributed by atoms with E-state index in [2.05, 4.69) is 10.6 Å². The van der Waals surface area contributed by atoms with Gasteiger partial charge in [0.25, 0.3) is 5.91 Å². The molecule has 6 heteroatoms. The summed E-state index contributed by atoms with van der Waals surface area (Å²) in [6.45, 7) is 1.84. The summed E-state index contributed by atoms with van der Waals surface area (Å²) in [6, 6.07) is 7.18. The molecule has 1 aromatic rings. The van der Waals surface area contributed by atoms with Gasteiger partial charge in [-0.25, -0.2) is 4.79 Å². The number of nitrogens with zero attached hydrogens (tertiary/aromatic N) is 1. The van der Waals surface area contributed by atoms with Crippen molar-refractivity contribution in [1.29, 1.82) is 0 Å². The maximum atomic E-state index is 12.7. The Balaban J connectivity index is 1.69. The van der Waals surface area contributed by atoms with E-state index in [9.17, 15) is 9.59 Å². The van der Waals surface area contributed by atoms with Crippen LogP contribution in [0.25, 0.3) is 0 Å². The molecule has 6 nitrogen and oxygen atoms in total. The molecule has 1 aliphatic heterocycles. The summed E-state index contributed by atoms with van der Waals surface area (Å²) < 4.78 is 0. The zero-order chi connectivity index (χ0) is 17.6. The molecule has 4 N–H and O–H groups in total. The summed E-state index contributed by atoms with van der Waals surface area (Å²) in [4.78, 5) is 26.4. The number of anilines is 1. The molecule has 3 rings (SSSR count). The largest absolute Gasteiger partial charge is 0.348 e. The standard InChI is InChI=1S/C19H28N4O2/c20-13-17(14-6-2-1-3-7-14)22-18(24)15-8-4-9-16(12-15)23-11-5-10-21-19(23)25/h4,8-9,12,14,17H,1-3,5-7,10-11,13,20H2,(H,21,25)(H,22,24). The van der Waals surface area contributed by atoms with Crippen molar-refractivity contribution in [3.63, 3.8) is 0 Å². The maximum Gasteiger partial charge on any atom is 0.321 e. The predicted molar refractivity (Wildman–Crippen MR) is 98.7 cm³/mol. The second-order valence-electron chi connectivity index (χ2n) is 7.00. The van der Waals surface area contributed by atoms with E-state index in [1.165, 1.54) is 19.3 Å². The molecule has 0 aromatic heterocycles. The lowest BCUT2D eigenvalue weighted by Crippen LogP contribution is -2.47. The first-order valence-electron chi connectivity index (χ1n) is 9.35. The van der Waals surface area contributed by atoms with Gasteiger partial charge in [-0.05, 0) is 43.4 Å². The van der Waals surface area contributed by atoms with Crippen LogP contribution in [0.2, 0.25) is 0 Å². The summed E-state index contributed by atoms with van der Waals surface area (Å²) >= 11 is 0. The van der Waals surface area contributed by atoms with Gasteiger partial charge in [0.05, 0.1) is 0 Å². The van der Waals surface area contributed by atoms with E-state index in [1.807, 2.05) is 12.1 Å². The average molecular weight is 344 g/mol. The Morgan fingerprint density at radius 1 is 1.28 bits per heavy atom. The van der Waals surface area contributed by atoms with Gasteiger partial charge in [0, 0.05) is 36.9 Å². The van der Waals surface area contributed by atoms with E-state index < -0.39 is 0 Å². The Kier molecular flexibility index (Phi) is 5.91. The van der Waals surface area contributed by atoms with Crippen molar-refractivity contribution in [3.05, 3.63) is 29.8 Å². The first-order valence-corrected chi connectivity index (χ1v) is 9.35. The van der Waals surface area contributed by atoms with Gasteiger partial charge in [-0.1, -0.05) is 25.3 Å². The molecule has 2 aliphatic rings. The van der Waals surface area contributed by atoms with Crippen LogP contribution < -0.4 is 21.3 Å². The van der Waals surface area contributed by atoms with Crippen molar-refractivity contribution < 1.29 is 9.59 Å². The number of benzene rings is 1. The van der Waals surface area contributed by atoms with Crippen molar-refractivity contribution in [2.45, 2.75) is 44.6 Å². The van der Waals surface area contributed by atoms with Gasteiger partial charge in [0.2, 0.25) is 0 Å². The van der Waals surface area contributed by atoms with E-state index in [1.54, 1.807) is 17.0 Å². The van der Waals surface area contributed by atoms with E-state index in [4.69, 9.17) is 5.73 Å². The van der Waals surface area contributed by atoms with Crippen LogP contribution in [0, 0.1) is 5.92 Å². The quantitative estimate of drug-likeness (QED) is 0.765. The third-order valence-corrected chi connectivity index (χ3v) is 5.29. The fraction of sp³-hybridized carbons (Fsp3) is 0.579. The number of carbonyl (C=O) groups is 2. The zero-order valence-electron chi connectivity index (χ0n) is 14.7. The highest BCUT2D eigenvalue weighted by atomic mass is 16.2. The minimum atomic E-state index is -0.111. The topological polar surface area (TPSA) is 87.5 Å². The summed E-state index contributed by atoms with van der Waals surface area (Å²) in [6.07, 6.45) is 6.89. The molecular formula is C19H28N4O2. The minimum Gasteiger partial charge on any atom is -0.348 e. The van der Waals surface area contributed by atoms with Gasteiger partial charge < -0.3 is 16.4 Å². The Bertz CT molecular complexity index is 613. The van der Waals surface area contributed by atoms with Crippen molar-refractivity contribution in [3.8, 4) is 0 Å². The number of hydrogen-bond donors (Lipinski definition) is 3. The van der Waals surface area contributed by atoms with E-state index in [-0.39, 0.29) is 18.0 Å². The minimum absolute atomic E-state index is 0.0229. The summed E-state index contributed by atoms with van der Waals surface area (Å²) in [5, 5.41) is 5.94. The van der Waals surface area contributed by atoms with Crippen LogP contribution in [0.4, 0.5) is 10.5 Å². The van der Waals surface area contributed by atoms with Crippen LogP contribution in [0.15, 0.2) is 24.3 Å². The molecule has 0 spiro atoms. The van der Waals surface area contributed by atoms with Gasteiger partial charge in [0.1, 0.15) is 0 Å². The third-order valence-electron chi connectivity index (χ3n) is 5.29. The number of amides is 3. The fourth-order valence-electron chi connectivity index (χ4n) is 3.85. The Morgan fingerprint density at radius 2 is 2.08 bits per heavy atom. The lowest BCUT2D eigenvalue weighted by atomic mass is 9.84. The van der Waals surface area contributed by atoms with Crippen LogP contribution in [0.5, 0.6) is 0 Å². The van der Waals surface area contributed by atoms with Crippen LogP contribution in [-0.2, 0) is 0 Å². The van der Waals surface area contributed by atoms with Crippen LogP contribution in [0.3, 0.4) is 0 Å². The van der Waals surface area contributed by atoms with Crippen LogP contribution >= 0.6 is 0 Å². The molecule has 2 fully saturated rings. The molecule has 1 heterocycles. The van der Waals surface area contributed by atoms with Gasteiger partial charge in [-0.15, -0.1) is 0 Å². The predicted octanol–water partition coefficient (Wildman–Crippen LogP) is 2.24. The van der Waals surface area contributed by atoms with E-state index in [0.29, 0.717) is 31.1 Å². The van der Waals surface area contributed by atoms with Crippen molar-refractivity contribution in [1.82, 2.24) is 10.6 Å². The molecule has 1 atom stereocenters. The molecule has 1 saturated heterocycles. The van der Waals surface area contributed by atoms with Crippen LogP contribution in [0.1, 0.15) is 48.9 Å². The number of urea groups is 1. The normalized spacial score (nSPS) is 20.0. The zero-order valence-corrected chi connectivity index (χ0v) is 14.7. The van der Waals surface area contributed by atoms with Crippen molar-refractivity contribution in [2.24, 2.45) is 11.7 Å². The average Bonchev–Trinajstić information content (AvgIpc) is 2.67. The van der Waals surface area contributed by atoms with Gasteiger partial charge in [-0.2, -0.15) is 0 Å². The molecule has 1 unspecified atom stereocenters. The Labute approximate surface area is 149 Å². The SMILES string of the molecule is NCC(NC(=O)c1cccc(N2CCCNC2=O)c1)C1CCCCC1. The monoisotopic (exact) mass is 344 g/mol. The lowest BCUT2D eigenvalue weighted by Gasteiger charge is -2.30. The first kappa shape index (κ1) is 17.7. The molecule has 3 amide bonds. The second kappa shape index (κ2) is 8.34. The fourth-order valence-corrected chi connectivity index (χ4v) is 3.85. The summed E-state index contributed by atoms with van der Waals surface area (Å²) in [7, 11) is 0. The van der Waals surface area contributed by atoms with Gasteiger partial charge in [0.15, 0.2) is 0 Å². The van der Waals surface area contributed by atoms with Gasteiger partial charge >= 0.3 is 6.03 Å². The summed E-state index contributed by atoms with van der Waals surface area (Å²) in [5.74, 6) is 0.360. The van der Waals surface area contributed by atoms with Crippen molar-refractivity contribution >= 4 is 17.6 Å². The maximum absolute atomic E-state index is 12.7. The molecule has 25 heavy (non-hydrogen) atoms. The number of nitrogens with one attached hydrogen (secondary N) is 2. The molecule has 1 saturated carbocycles. The number of nitrogens with two attached hydrogens (primary N) is 1. The molecule has 136 valence electrons. The Morgan fingerprint density at radius 3 is 2.80 bits per heavy atom. The molecule has 0 radical (unpaired) electrons. The smallest absolute Gasteiger partial charge is 0.321 e. The highest BCUT2D eigenvalue weighted by Gasteiger charge is 2.25. The summed E-state index contributed by atoms with van der Waals surface area (Å²) in [5.41, 5.74) is 7.25. The lowest BCUT2D eigenvalue weighted by molar-refractivity contribution is 0.0915. The van der Waals surface area contributed by atoms with Crippen molar-refractivity contribution in [2.75, 3.05) is 24.5 Å².